The van der Waals surface area contributed by atoms with E-state index in [2.05, 4.69) is 11.7 Å². The molecule has 5 rings (SSSR count). The minimum atomic E-state index is -3.97. The monoisotopic (exact) mass is 616 g/mol. The zero-order valence-corrected chi connectivity index (χ0v) is 24.6. The van der Waals surface area contributed by atoms with Gasteiger partial charge in [0.15, 0.2) is 29.1 Å². The molecule has 0 bridgehead atoms. The fraction of sp³-hybridized carbons (Fsp3) is 0.389. The van der Waals surface area contributed by atoms with Crippen LogP contribution in [0.25, 0.3) is 16.7 Å². The van der Waals surface area contributed by atoms with Crippen LogP contribution >= 0.6 is 0 Å². The molecule has 0 atom stereocenters. The summed E-state index contributed by atoms with van der Waals surface area (Å²) in [6.45, 7) is 2.22. The molecule has 0 aromatic heterocycles. The van der Waals surface area contributed by atoms with Gasteiger partial charge in [-0.2, -0.15) is 8.78 Å². The third-order valence-electron chi connectivity index (χ3n) is 8.91. The van der Waals surface area contributed by atoms with Crippen LogP contribution in [0.3, 0.4) is 0 Å². The highest BCUT2D eigenvalue weighted by molar-refractivity contribution is 5.73. The first-order valence-corrected chi connectivity index (χ1v) is 15.3. The number of hydrogen-bond donors (Lipinski definition) is 0. The average Bonchev–Trinajstić information content (AvgIpc) is 3.02. The Labute approximate surface area is 253 Å². The van der Waals surface area contributed by atoms with Crippen LogP contribution in [0.2, 0.25) is 0 Å². The summed E-state index contributed by atoms with van der Waals surface area (Å²) < 4.78 is 104. The van der Waals surface area contributed by atoms with E-state index in [-0.39, 0.29) is 24.0 Å². The smallest absolute Gasteiger partial charge is 0.422 e. The molecule has 1 nitrogen and oxygen atoms in total. The number of rotatable bonds is 10. The minimum absolute atomic E-state index is 0.0409. The normalized spacial score (nSPS) is 19.0. The highest BCUT2D eigenvalue weighted by atomic mass is 19.3. The summed E-state index contributed by atoms with van der Waals surface area (Å²) in [5.41, 5.74) is 1.62. The Morgan fingerprint density at radius 3 is 1.98 bits per heavy atom. The van der Waals surface area contributed by atoms with Gasteiger partial charge in [0.25, 0.3) is 0 Å². The first kappa shape index (κ1) is 31.9. The van der Waals surface area contributed by atoms with Gasteiger partial charge in [-0.3, -0.25) is 0 Å². The number of hydrogen-bond acceptors (Lipinski definition) is 1. The molecule has 0 N–H and O–H groups in total. The molecule has 44 heavy (non-hydrogen) atoms. The molecule has 3 aromatic carbocycles. The van der Waals surface area contributed by atoms with Crippen LogP contribution < -0.4 is 4.74 Å². The number of allylic oxidation sites excluding steroid dienone is 3. The molecule has 0 heterocycles. The maximum atomic E-state index is 15.3. The average molecular weight is 617 g/mol. The van der Waals surface area contributed by atoms with Gasteiger partial charge in [-0.05, 0) is 67.1 Å². The number of alkyl halides is 2. The van der Waals surface area contributed by atoms with Crippen molar-refractivity contribution in [2.45, 2.75) is 83.2 Å². The van der Waals surface area contributed by atoms with Crippen molar-refractivity contribution >= 4 is 5.57 Å². The van der Waals surface area contributed by atoms with Crippen molar-refractivity contribution in [1.82, 2.24) is 0 Å². The molecule has 0 amide bonds. The van der Waals surface area contributed by atoms with Crippen molar-refractivity contribution in [3.63, 3.8) is 0 Å². The second-order valence-electron chi connectivity index (χ2n) is 11.8. The summed E-state index contributed by atoms with van der Waals surface area (Å²) >= 11 is 0. The molecule has 2 aliphatic carbocycles. The zero-order valence-electron chi connectivity index (χ0n) is 24.6. The molecule has 0 aliphatic heterocycles. The Morgan fingerprint density at radius 2 is 1.36 bits per heavy atom. The number of halogens is 7. The fourth-order valence-corrected chi connectivity index (χ4v) is 6.33. The Hall–Kier alpha value is -3.55. The molecular formula is C36H35F7O. The van der Waals surface area contributed by atoms with Gasteiger partial charge in [0.1, 0.15) is 5.75 Å². The van der Waals surface area contributed by atoms with Gasteiger partial charge in [-0.1, -0.05) is 81.2 Å². The Balaban J connectivity index is 1.26. The Kier molecular flexibility index (Phi) is 9.86. The van der Waals surface area contributed by atoms with Crippen LogP contribution in [0.1, 0.15) is 88.2 Å². The first-order chi connectivity index (χ1) is 21.1. The molecule has 0 unspecified atom stereocenters. The van der Waals surface area contributed by atoms with E-state index in [0.29, 0.717) is 29.2 Å². The predicted octanol–water partition coefficient (Wildman–Crippen LogP) is 11.7. The summed E-state index contributed by atoms with van der Waals surface area (Å²) in [4.78, 5) is 0. The van der Waals surface area contributed by atoms with Crippen LogP contribution in [-0.2, 0) is 0 Å². The topological polar surface area (TPSA) is 9.23 Å². The van der Waals surface area contributed by atoms with Gasteiger partial charge < -0.3 is 4.74 Å². The largest absolute Gasteiger partial charge is 0.429 e. The number of unbranched alkanes of at least 4 members (excludes halogenated alkanes) is 2. The van der Waals surface area contributed by atoms with Gasteiger partial charge in [0.2, 0.25) is 0 Å². The summed E-state index contributed by atoms with van der Waals surface area (Å²) in [7, 11) is 0. The third-order valence-corrected chi connectivity index (χ3v) is 8.91. The third kappa shape index (κ3) is 7.05. The van der Waals surface area contributed by atoms with E-state index in [1.807, 2.05) is 24.3 Å². The lowest BCUT2D eigenvalue weighted by Crippen LogP contribution is -2.28. The van der Waals surface area contributed by atoms with Gasteiger partial charge in [0.05, 0.1) is 0 Å². The summed E-state index contributed by atoms with van der Waals surface area (Å²) in [5.74, 6) is -6.83. The minimum Gasteiger partial charge on any atom is -0.429 e. The van der Waals surface area contributed by atoms with Crippen molar-refractivity contribution in [3.05, 3.63) is 106 Å². The van der Waals surface area contributed by atoms with E-state index in [4.69, 9.17) is 0 Å². The van der Waals surface area contributed by atoms with E-state index in [1.54, 1.807) is 0 Å². The second-order valence-corrected chi connectivity index (χ2v) is 11.8. The molecule has 0 radical (unpaired) electrons. The van der Waals surface area contributed by atoms with E-state index in [0.717, 1.165) is 24.8 Å². The fourth-order valence-electron chi connectivity index (χ4n) is 6.33. The van der Waals surface area contributed by atoms with Crippen molar-refractivity contribution < 1.29 is 35.5 Å². The lowest BCUT2D eigenvalue weighted by molar-refractivity contribution is -0.144. The number of benzene rings is 3. The molecule has 0 saturated heterocycles. The van der Waals surface area contributed by atoms with Crippen molar-refractivity contribution in [3.8, 4) is 16.9 Å². The molecule has 8 heteroatoms. The SMILES string of the molecule is CCCCCC1CCC(c2ccc(-c3ccc(C4=CC=C(C(F)(F)Oc5cc(F)c(F)c(F)c5)CC4)c(F)c3F)cc2)CC1. The van der Waals surface area contributed by atoms with E-state index in [9.17, 15) is 22.0 Å². The van der Waals surface area contributed by atoms with Crippen LogP contribution in [0.5, 0.6) is 5.75 Å². The number of ether oxygens (including phenoxy) is 1. The lowest BCUT2D eigenvalue weighted by atomic mass is 9.77. The highest BCUT2D eigenvalue weighted by Gasteiger charge is 2.38. The van der Waals surface area contributed by atoms with Gasteiger partial charge in [0, 0.05) is 28.8 Å². The van der Waals surface area contributed by atoms with Gasteiger partial charge in [-0.25, -0.2) is 22.0 Å². The van der Waals surface area contributed by atoms with Crippen LogP contribution in [-0.4, -0.2) is 6.11 Å². The molecule has 0 spiro atoms. The maximum absolute atomic E-state index is 15.3. The first-order valence-electron chi connectivity index (χ1n) is 15.3. The standard InChI is InChI=1S/C36H35F7O/c1-2-3-4-5-22-6-8-23(9-7-22)24-10-12-25(13-11-24)29-18-19-30(34(40)33(29)39)26-14-16-27(17-15-26)36(42,43)44-28-20-31(37)35(41)32(38)21-28/h10-14,16,18-23H,2-9,15,17H2,1H3. The molecule has 1 saturated carbocycles. The van der Waals surface area contributed by atoms with Crippen molar-refractivity contribution in [2.24, 2.45) is 5.92 Å². The van der Waals surface area contributed by atoms with E-state index in [1.165, 1.54) is 62.3 Å². The molecule has 1 fully saturated rings. The van der Waals surface area contributed by atoms with Crippen molar-refractivity contribution in [2.75, 3.05) is 0 Å². The lowest BCUT2D eigenvalue weighted by Gasteiger charge is -2.29. The van der Waals surface area contributed by atoms with Gasteiger partial charge >= 0.3 is 6.11 Å². The summed E-state index contributed by atoms with van der Waals surface area (Å²) in [6.07, 6.45) is 7.81. The van der Waals surface area contributed by atoms with Crippen molar-refractivity contribution in [1.29, 1.82) is 0 Å². The Morgan fingerprint density at radius 1 is 0.727 bits per heavy atom. The van der Waals surface area contributed by atoms with Gasteiger partial charge in [-0.15, -0.1) is 0 Å². The molecule has 234 valence electrons. The highest BCUT2D eigenvalue weighted by Crippen LogP contribution is 2.40. The molecular weight excluding hydrogens is 581 g/mol. The molecule has 2 aliphatic rings. The van der Waals surface area contributed by atoms with Crippen LogP contribution in [0, 0.1) is 35.0 Å². The quantitative estimate of drug-likeness (QED) is 0.125. The zero-order chi connectivity index (χ0) is 31.4. The predicted molar refractivity (Wildman–Crippen MR) is 158 cm³/mol. The second kappa shape index (κ2) is 13.6. The van der Waals surface area contributed by atoms with E-state index >= 15 is 8.78 Å². The van der Waals surface area contributed by atoms with Crippen LogP contribution in [0.15, 0.2) is 66.3 Å². The summed E-state index contributed by atoms with van der Waals surface area (Å²) in [6, 6.07) is 11.2. The Bertz CT molecular complexity index is 1510. The van der Waals surface area contributed by atoms with Crippen LogP contribution in [0.4, 0.5) is 30.7 Å². The summed E-state index contributed by atoms with van der Waals surface area (Å²) in [5, 5.41) is 0. The maximum Gasteiger partial charge on any atom is 0.422 e. The van der Waals surface area contributed by atoms with E-state index < -0.39 is 46.5 Å². The molecule has 3 aromatic rings.